The van der Waals surface area contributed by atoms with Crippen LogP contribution in [0.3, 0.4) is 0 Å². The highest BCUT2D eigenvalue weighted by Gasteiger charge is 2.40. The maximum Gasteiger partial charge on any atom is 0.416 e. The molecule has 2 N–H and O–H groups in total. The number of carboxylic acids is 1. The fourth-order valence-electron chi connectivity index (χ4n) is 1.83. The number of hydrogen-bond acceptors (Lipinski definition) is 2. The molecule has 0 saturated carbocycles. The van der Waals surface area contributed by atoms with E-state index in [-0.39, 0.29) is 5.56 Å². The Bertz CT molecular complexity index is 442. The summed E-state index contributed by atoms with van der Waals surface area (Å²) >= 11 is 0. The molecular formula is C12H13F3O3. The molecule has 0 bridgehead atoms. The zero-order valence-electron chi connectivity index (χ0n) is 9.66. The standard InChI is InChI=1S/C12H13F3O3/c1-11(7-16,6-10(17)18)8-4-2-3-5-9(8)12(13,14)15/h2-5,16H,6-7H2,1H3,(H,17,18). The van der Waals surface area contributed by atoms with Crippen LogP contribution >= 0.6 is 0 Å². The monoisotopic (exact) mass is 262 g/mol. The lowest BCUT2D eigenvalue weighted by molar-refractivity contribution is -0.142. The van der Waals surface area contributed by atoms with E-state index in [1.165, 1.54) is 25.1 Å². The first kappa shape index (κ1) is 14.5. The zero-order valence-corrected chi connectivity index (χ0v) is 9.66. The molecule has 1 rings (SSSR count). The van der Waals surface area contributed by atoms with Gasteiger partial charge in [0.2, 0.25) is 0 Å². The fourth-order valence-corrected chi connectivity index (χ4v) is 1.83. The maximum absolute atomic E-state index is 12.8. The number of rotatable bonds is 4. The van der Waals surface area contributed by atoms with Crippen LogP contribution in [0.1, 0.15) is 24.5 Å². The molecule has 0 aliphatic carbocycles. The second kappa shape index (κ2) is 4.97. The van der Waals surface area contributed by atoms with Crippen molar-refractivity contribution in [3.05, 3.63) is 35.4 Å². The van der Waals surface area contributed by atoms with Gasteiger partial charge in [0.1, 0.15) is 0 Å². The van der Waals surface area contributed by atoms with Crippen LogP contribution in [0.5, 0.6) is 0 Å². The number of alkyl halides is 3. The molecule has 0 heterocycles. The molecule has 0 aliphatic heterocycles. The third-order valence-corrected chi connectivity index (χ3v) is 2.77. The minimum atomic E-state index is -4.58. The van der Waals surface area contributed by atoms with Crippen molar-refractivity contribution in [1.82, 2.24) is 0 Å². The molecular weight excluding hydrogens is 249 g/mol. The number of aliphatic carboxylic acids is 1. The fraction of sp³-hybridized carbons (Fsp3) is 0.417. The summed E-state index contributed by atoms with van der Waals surface area (Å²) in [5, 5.41) is 18.0. The van der Waals surface area contributed by atoms with Gasteiger partial charge >= 0.3 is 12.1 Å². The molecule has 0 radical (unpaired) electrons. The van der Waals surface area contributed by atoms with Gasteiger partial charge in [-0.2, -0.15) is 13.2 Å². The van der Waals surface area contributed by atoms with Gasteiger partial charge in [0.15, 0.2) is 0 Å². The molecule has 0 amide bonds. The number of carbonyl (C=O) groups is 1. The highest BCUT2D eigenvalue weighted by atomic mass is 19.4. The number of halogens is 3. The largest absolute Gasteiger partial charge is 0.481 e. The van der Waals surface area contributed by atoms with Crippen molar-refractivity contribution in [1.29, 1.82) is 0 Å². The molecule has 100 valence electrons. The maximum atomic E-state index is 12.8. The Kier molecular flexibility index (Phi) is 4.01. The van der Waals surface area contributed by atoms with Gasteiger partial charge in [0, 0.05) is 5.41 Å². The number of carboxylic acid groups (broad SMARTS) is 1. The second-order valence-corrected chi connectivity index (χ2v) is 4.33. The van der Waals surface area contributed by atoms with Gasteiger partial charge in [-0.3, -0.25) is 4.79 Å². The minimum Gasteiger partial charge on any atom is -0.481 e. The van der Waals surface area contributed by atoms with E-state index in [0.29, 0.717) is 0 Å². The van der Waals surface area contributed by atoms with E-state index in [1.807, 2.05) is 0 Å². The summed E-state index contributed by atoms with van der Waals surface area (Å²) < 4.78 is 38.5. The summed E-state index contributed by atoms with van der Waals surface area (Å²) in [6, 6.07) is 4.69. The Balaban J connectivity index is 3.34. The number of aliphatic hydroxyl groups is 1. The Morgan fingerprint density at radius 1 is 1.22 bits per heavy atom. The summed E-state index contributed by atoms with van der Waals surface area (Å²) in [5.41, 5.74) is -2.58. The summed E-state index contributed by atoms with van der Waals surface area (Å²) in [7, 11) is 0. The molecule has 1 unspecified atom stereocenters. The topological polar surface area (TPSA) is 57.5 Å². The van der Waals surface area contributed by atoms with Crippen LogP contribution in [0.2, 0.25) is 0 Å². The third kappa shape index (κ3) is 3.01. The minimum absolute atomic E-state index is 0.206. The van der Waals surface area contributed by atoms with Gasteiger partial charge < -0.3 is 10.2 Å². The van der Waals surface area contributed by atoms with Crippen molar-refractivity contribution >= 4 is 5.97 Å². The van der Waals surface area contributed by atoms with E-state index in [9.17, 15) is 23.1 Å². The Morgan fingerprint density at radius 2 is 1.72 bits per heavy atom. The van der Waals surface area contributed by atoms with Gasteiger partial charge in [0.25, 0.3) is 0 Å². The van der Waals surface area contributed by atoms with Gasteiger partial charge in [-0.25, -0.2) is 0 Å². The van der Waals surface area contributed by atoms with E-state index in [2.05, 4.69) is 0 Å². The van der Waals surface area contributed by atoms with Gasteiger partial charge in [-0.15, -0.1) is 0 Å². The molecule has 18 heavy (non-hydrogen) atoms. The molecule has 0 fully saturated rings. The van der Waals surface area contributed by atoms with Crippen LogP contribution in [0.15, 0.2) is 24.3 Å². The van der Waals surface area contributed by atoms with Crippen molar-refractivity contribution in [3.8, 4) is 0 Å². The summed E-state index contributed by atoms with van der Waals surface area (Å²) in [6.07, 6.45) is -5.15. The van der Waals surface area contributed by atoms with Gasteiger partial charge in [-0.1, -0.05) is 25.1 Å². The van der Waals surface area contributed by atoms with E-state index in [1.54, 1.807) is 0 Å². The summed E-state index contributed by atoms with van der Waals surface area (Å²) in [6.45, 7) is 0.623. The highest BCUT2D eigenvalue weighted by molar-refractivity contribution is 5.69. The van der Waals surface area contributed by atoms with Crippen molar-refractivity contribution in [2.75, 3.05) is 6.61 Å². The van der Waals surface area contributed by atoms with E-state index >= 15 is 0 Å². The predicted molar refractivity (Wildman–Crippen MR) is 58.1 cm³/mol. The van der Waals surface area contributed by atoms with E-state index in [0.717, 1.165) is 6.07 Å². The van der Waals surface area contributed by atoms with E-state index in [4.69, 9.17) is 5.11 Å². The second-order valence-electron chi connectivity index (χ2n) is 4.33. The lowest BCUT2D eigenvalue weighted by atomic mass is 9.78. The first-order valence-electron chi connectivity index (χ1n) is 5.20. The summed E-state index contributed by atoms with van der Waals surface area (Å²) in [4.78, 5) is 10.7. The first-order valence-corrected chi connectivity index (χ1v) is 5.20. The molecule has 0 aliphatic rings. The van der Waals surface area contributed by atoms with Crippen LogP contribution in [0.25, 0.3) is 0 Å². The van der Waals surface area contributed by atoms with Gasteiger partial charge in [-0.05, 0) is 11.6 Å². The lowest BCUT2D eigenvalue weighted by Gasteiger charge is -2.29. The van der Waals surface area contributed by atoms with Crippen molar-refractivity contribution < 1.29 is 28.2 Å². The number of benzene rings is 1. The van der Waals surface area contributed by atoms with Crippen LogP contribution in [-0.4, -0.2) is 22.8 Å². The quantitative estimate of drug-likeness (QED) is 0.876. The SMILES string of the molecule is CC(CO)(CC(=O)O)c1ccccc1C(F)(F)F. The normalized spacial score (nSPS) is 15.2. The molecule has 0 aromatic heterocycles. The molecule has 1 aromatic carbocycles. The van der Waals surface area contributed by atoms with Crippen LogP contribution in [0, 0.1) is 0 Å². The predicted octanol–water partition coefficient (Wildman–Crippen LogP) is 2.43. The molecule has 1 atom stereocenters. The molecule has 6 heteroatoms. The van der Waals surface area contributed by atoms with Crippen LogP contribution in [-0.2, 0) is 16.4 Å². The zero-order chi connectivity index (χ0) is 14.0. The Hall–Kier alpha value is -1.56. The average molecular weight is 262 g/mol. The first-order chi connectivity index (χ1) is 8.20. The lowest BCUT2D eigenvalue weighted by Crippen LogP contribution is -2.32. The third-order valence-electron chi connectivity index (χ3n) is 2.77. The Labute approximate surface area is 102 Å². The van der Waals surface area contributed by atoms with E-state index < -0.39 is 36.2 Å². The smallest absolute Gasteiger partial charge is 0.416 e. The van der Waals surface area contributed by atoms with Crippen molar-refractivity contribution in [2.45, 2.75) is 24.9 Å². The molecule has 3 nitrogen and oxygen atoms in total. The average Bonchev–Trinajstić information content (AvgIpc) is 2.27. The van der Waals surface area contributed by atoms with Crippen molar-refractivity contribution in [3.63, 3.8) is 0 Å². The summed E-state index contributed by atoms with van der Waals surface area (Å²) in [5.74, 6) is -1.26. The van der Waals surface area contributed by atoms with Crippen LogP contribution in [0.4, 0.5) is 13.2 Å². The highest BCUT2D eigenvalue weighted by Crippen LogP contribution is 2.38. The van der Waals surface area contributed by atoms with Gasteiger partial charge in [0.05, 0.1) is 18.6 Å². The molecule has 0 saturated heterocycles. The van der Waals surface area contributed by atoms with Crippen molar-refractivity contribution in [2.24, 2.45) is 0 Å². The molecule has 1 aromatic rings. The Morgan fingerprint density at radius 3 is 2.11 bits per heavy atom. The number of hydrogen-bond donors (Lipinski definition) is 2. The molecule has 0 spiro atoms. The number of aliphatic hydroxyl groups excluding tert-OH is 1. The van der Waals surface area contributed by atoms with Crippen LogP contribution < -0.4 is 0 Å².